The van der Waals surface area contributed by atoms with E-state index in [-0.39, 0.29) is 11.1 Å². The second kappa shape index (κ2) is 3.85. The fourth-order valence-electron chi connectivity index (χ4n) is 2.07. The number of phenols is 5. The van der Waals surface area contributed by atoms with Crippen molar-refractivity contribution in [2.75, 3.05) is 0 Å². The normalized spacial score (nSPS) is 14.9. The van der Waals surface area contributed by atoms with Crippen LogP contribution in [0.2, 0.25) is 0 Å². The van der Waals surface area contributed by atoms with Crippen LogP contribution in [0, 0.1) is 0 Å². The Morgan fingerprint density at radius 1 is 0.810 bits per heavy atom. The van der Waals surface area contributed by atoms with E-state index in [1.165, 1.54) is 0 Å². The molecule has 1 heterocycles. The van der Waals surface area contributed by atoms with Gasteiger partial charge in [-0.25, -0.2) is 0 Å². The third-order valence-electron chi connectivity index (χ3n) is 3.03. The average molecular weight is 312 g/mol. The molecule has 0 aliphatic carbocycles. The molecule has 0 unspecified atom stereocenters. The topological polar surface area (TPSA) is 145 Å². The molecule has 5 N–H and O–H groups in total. The van der Waals surface area contributed by atoms with Crippen LogP contribution in [-0.4, -0.2) is 34.0 Å². The number of aromatic hydroxyl groups is 5. The van der Waals surface area contributed by atoms with Gasteiger partial charge in [0.05, 0.1) is 5.56 Å². The fraction of sp³-hybridized carbons (Fsp3) is 0. The second-order valence-corrected chi connectivity index (χ2v) is 5.86. The molecular formula is C12H8O8S. The molecule has 0 fully saturated rings. The van der Waals surface area contributed by atoms with Crippen LogP contribution in [0.4, 0.5) is 0 Å². The first-order valence-electron chi connectivity index (χ1n) is 5.51. The minimum atomic E-state index is -4.32. The van der Waals surface area contributed by atoms with Gasteiger partial charge in [-0.15, -0.1) is 0 Å². The highest BCUT2D eigenvalue weighted by atomic mass is 32.2. The van der Waals surface area contributed by atoms with Crippen molar-refractivity contribution in [3.63, 3.8) is 0 Å². The predicted octanol–water partition coefficient (Wildman–Crippen LogP) is 0.963. The largest absolute Gasteiger partial charge is 0.504 e. The number of hydrogen-bond donors (Lipinski definition) is 5. The van der Waals surface area contributed by atoms with E-state index in [0.29, 0.717) is 0 Å². The molecule has 0 amide bonds. The first-order valence-corrected chi connectivity index (χ1v) is 6.92. The molecule has 0 saturated carbocycles. The van der Waals surface area contributed by atoms with Gasteiger partial charge in [0.25, 0.3) is 0 Å². The Hall–Kier alpha value is -2.81. The molecule has 21 heavy (non-hydrogen) atoms. The van der Waals surface area contributed by atoms with E-state index >= 15 is 0 Å². The van der Waals surface area contributed by atoms with Gasteiger partial charge in [0.2, 0.25) is 5.75 Å². The van der Waals surface area contributed by atoms with E-state index in [4.69, 9.17) is 4.18 Å². The van der Waals surface area contributed by atoms with E-state index < -0.39 is 49.5 Å². The van der Waals surface area contributed by atoms with Gasteiger partial charge < -0.3 is 29.7 Å². The zero-order valence-electron chi connectivity index (χ0n) is 10.1. The molecule has 0 bridgehead atoms. The van der Waals surface area contributed by atoms with Crippen LogP contribution in [0.15, 0.2) is 23.1 Å². The van der Waals surface area contributed by atoms with Crippen molar-refractivity contribution in [2.45, 2.75) is 4.90 Å². The molecule has 0 atom stereocenters. The van der Waals surface area contributed by atoms with Gasteiger partial charge in [-0.1, -0.05) is 0 Å². The Labute approximate surface area is 117 Å². The summed E-state index contributed by atoms with van der Waals surface area (Å²) in [5, 5.41) is 47.7. The fourth-order valence-corrected chi connectivity index (χ4v) is 3.21. The van der Waals surface area contributed by atoms with Crippen molar-refractivity contribution >= 4 is 10.1 Å². The number of phenolic OH excluding ortho intramolecular Hbond substituents is 5. The monoisotopic (exact) mass is 312 g/mol. The highest BCUT2D eigenvalue weighted by Gasteiger charge is 2.35. The summed E-state index contributed by atoms with van der Waals surface area (Å²) in [6.07, 6.45) is 0. The van der Waals surface area contributed by atoms with Crippen LogP contribution in [-0.2, 0) is 10.1 Å². The maximum atomic E-state index is 12.0. The zero-order valence-corrected chi connectivity index (χ0v) is 10.9. The lowest BCUT2D eigenvalue weighted by atomic mass is 10.0. The summed E-state index contributed by atoms with van der Waals surface area (Å²) in [5.41, 5.74) is -0.412. The van der Waals surface area contributed by atoms with Crippen LogP contribution in [0.25, 0.3) is 11.1 Å². The summed E-state index contributed by atoms with van der Waals surface area (Å²) in [7, 11) is -4.32. The Morgan fingerprint density at radius 3 is 2.10 bits per heavy atom. The van der Waals surface area contributed by atoms with Crippen molar-refractivity contribution in [3.8, 4) is 45.6 Å². The average Bonchev–Trinajstić information content (AvgIpc) is 2.38. The number of benzene rings is 2. The van der Waals surface area contributed by atoms with Gasteiger partial charge in [0.1, 0.15) is 4.90 Å². The molecule has 110 valence electrons. The van der Waals surface area contributed by atoms with Gasteiger partial charge in [-0.2, -0.15) is 8.42 Å². The molecular weight excluding hydrogens is 304 g/mol. The summed E-state index contributed by atoms with van der Waals surface area (Å²) in [5.74, 6) is -4.18. The van der Waals surface area contributed by atoms with Crippen LogP contribution in [0.1, 0.15) is 0 Å². The smallest absolute Gasteiger partial charge is 0.340 e. The minimum absolute atomic E-state index is 0.181. The van der Waals surface area contributed by atoms with E-state index in [9.17, 15) is 34.0 Å². The first-order chi connectivity index (χ1) is 9.72. The molecule has 3 rings (SSSR count). The lowest BCUT2D eigenvalue weighted by molar-refractivity contribution is 0.365. The second-order valence-electron chi connectivity index (χ2n) is 4.34. The van der Waals surface area contributed by atoms with Gasteiger partial charge in [-0.3, -0.25) is 0 Å². The van der Waals surface area contributed by atoms with Crippen molar-refractivity contribution < 1.29 is 38.1 Å². The SMILES string of the molecule is O=S1(=O)Oc2cc(O)c(O)c(O)c2-c2cc(O)c(O)cc21. The van der Waals surface area contributed by atoms with Crippen molar-refractivity contribution in [1.29, 1.82) is 0 Å². The van der Waals surface area contributed by atoms with Crippen LogP contribution in [0.3, 0.4) is 0 Å². The van der Waals surface area contributed by atoms with E-state index in [0.717, 1.165) is 18.2 Å². The lowest BCUT2D eigenvalue weighted by Gasteiger charge is -2.22. The van der Waals surface area contributed by atoms with Crippen molar-refractivity contribution in [3.05, 3.63) is 18.2 Å². The molecule has 9 heteroatoms. The Morgan fingerprint density at radius 2 is 1.43 bits per heavy atom. The minimum Gasteiger partial charge on any atom is -0.504 e. The standard InChI is InChI=1S/C12H8O8S/c13-5-1-4-9(3-6(5)14)21(18,19)20-8-2-7(15)11(16)12(17)10(4)8/h1-3,13-17H. The Kier molecular flexibility index (Phi) is 2.42. The predicted molar refractivity (Wildman–Crippen MR) is 68.0 cm³/mol. The third kappa shape index (κ3) is 1.71. The van der Waals surface area contributed by atoms with Gasteiger partial charge in [0.15, 0.2) is 28.7 Å². The Balaban J connectivity index is 2.48. The number of fused-ring (bicyclic) bond motifs is 3. The lowest BCUT2D eigenvalue weighted by Crippen LogP contribution is -2.16. The summed E-state index contributed by atoms with van der Waals surface area (Å²) < 4.78 is 28.6. The van der Waals surface area contributed by atoms with Crippen LogP contribution < -0.4 is 4.18 Å². The van der Waals surface area contributed by atoms with Crippen molar-refractivity contribution in [1.82, 2.24) is 0 Å². The molecule has 0 saturated heterocycles. The summed E-state index contributed by atoms with van der Waals surface area (Å²) in [4.78, 5) is -0.495. The zero-order chi connectivity index (χ0) is 15.5. The third-order valence-corrected chi connectivity index (χ3v) is 4.31. The number of hydrogen-bond acceptors (Lipinski definition) is 8. The molecule has 0 spiro atoms. The first kappa shape index (κ1) is 13.2. The maximum absolute atomic E-state index is 12.0. The highest BCUT2D eigenvalue weighted by molar-refractivity contribution is 7.87. The summed E-state index contributed by atoms with van der Waals surface area (Å²) >= 11 is 0. The maximum Gasteiger partial charge on any atom is 0.340 e. The van der Waals surface area contributed by atoms with Gasteiger partial charge in [-0.05, 0) is 6.07 Å². The molecule has 1 aliphatic rings. The molecule has 2 aromatic rings. The summed E-state index contributed by atoms with van der Waals surface area (Å²) in [6, 6.07) is 2.47. The van der Waals surface area contributed by atoms with E-state index in [2.05, 4.69) is 0 Å². The van der Waals surface area contributed by atoms with Crippen molar-refractivity contribution in [2.24, 2.45) is 0 Å². The highest BCUT2D eigenvalue weighted by Crippen LogP contribution is 2.54. The van der Waals surface area contributed by atoms with Crippen LogP contribution in [0.5, 0.6) is 34.5 Å². The van der Waals surface area contributed by atoms with Gasteiger partial charge >= 0.3 is 10.1 Å². The molecule has 2 aromatic carbocycles. The Bertz CT molecular complexity index is 885. The van der Waals surface area contributed by atoms with Crippen LogP contribution >= 0.6 is 0 Å². The molecule has 1 aliphatic heterocycles. The summed E-state index contributed by atoms with van der Waals surface area (Å²) in [6.45, 7) is 0. The molecule has 8 nitrogen and oxygen atoms in total. The molecule has 0 aromatic heterocycles. The quantitative estimate of drug-likeness (QED) is 0.357. The van der Waals surface area contributed by atoms with E-state index in [1.54, 1.807) is 0 Å². The number of rotatable bonds is 0. The van der Waals surface area contributed by atoms with E-state index in [1.807, 2.05) is 0 Å². The molecule has 0 radical (unpaired) electrons. The van der Waals surface area contributed by atoms with Gasteiger partial charge in [0, 0.05) is 17.7 Å².